The first-order chi connectivity index (χ1) is 12.6. The lowest BCUT2D eigenvalue weighted by atomic mass is 9.75. The van der Waals surface area contributed by atoms with Crippen LogP contribution in [0.3, 0.4) is 0 Å². The van der Waals surface area contributed by atoms with Crippen LogP contribution in [-0.2, 0) is 12.5 Å². The molecule has 0 saturated heterocycles. The van der Waals surface area contributed by atoms with Crippen LogP contribution in [0.25, 0.3) is 11.1 Å². The van der Waals surface area contributed by atoms with Crippen molar-refractivity contribution in [2.45, 2.75) is 90.4 Å². The molecule has 0 spiro atoms. The Kier molecular flexibility index (Phi) is 8.41. The number of aromatic nitrogens is 2. The molecule has 0 unspecified atom stereocenters. The van der Waals surface area contributed by atoms with Crippen LogP contribution in [0.15, 0.2) is 36.5 Å². The smallest absolute Gasteiger partial charge is 0.0571 e. The molecular formula is C24H38N2. The van der Waals surface area contributed by atoms with Gasteiger partial charge in [-0.2, -0.15) is 5.10 Å². The average molecular weight is 355 g/mol. The molecule has 0 fully saturated rings. The summed E-state index contributed by atoms with van der Waals surface area (Å²) in [6.45, 7) is 7.06. The maximum Gasteiger partial charge on any atom is 0.0571 e. The van der Waals surface area contributed by atoms with Crippen LogP contribution in [0, 0.1) is 0 Å². The highest BCUT2D eigenvalue weighted by Gasteiger charge is 2.31. The second-order valence-electron chi connectivity index (χ2n) is 8.08. The zero-order valence-corrected chi connectivity index (χ0v) is 17.4. The van der Waals surface area contributed by atoms with Crippen molar-refractivity contribution in [3.8, 4) is 11.1 Å². The number of aryl methyl sites for hydroxylation is 1. The molecule has 2 rings (SSSR count). The van der Waals surface area contributed by atoms with Gasteiger partial charge in [0.2, 0.25) is 0 Å². The molecule has 2 aromatic rings. The van der Waals surface area contributed by atoms with Crippen molar-refractivity contribution in [3.63, 3.8) is 0 Å². The molecule has 0 aliphatic heterocycles. The summed E-state index contributed by atoms with van der Waals surface area (Å²) in [5, 5.41) is 4.66. The number of nitrogens with zero attached hydrogens (tertiary/aromatic N) is 2. The molecule has 0 aliphatic carbocycles. The fourth-order valence-electron chi connectivity index (χ4n) is 4.23. The summed E-state index contributed by atoms with van der Waals surface area (Å²) < 4.78 is 2.14. The van der Waals surface area contributed by atoms with Crippen LogP contribution in [-0.4, -0.2) is 9.78 Å². The standard InChI is InChI=1S/C24H38N2/c1-5-7-9-14-18-24(3,19-15-10-8-6-2)23-22(20-25-26(23)4)21-16-12-11-13-17-21/h11-13,16-17,20H,5-10,14-15,18-19H2,1-4H3. The zero-order valence-electron chi connectivity index (χ0n) is 17.4. The van der Waals surface area contributed by atoms with Gasteiger partial charge in [-0.05, 0) is 18.4 Å². The fraction of sp³-hybridized carbons (Fsp3) is 0.625. The van der Waals surface area contributed by atoms with Gasteiger partial charge in [-0.15, -0.1) is 0 Å². The number of rotatable bonds is 12. The summed E-state index contributed by atoms with van der Waals surface area (Å²) >= 11 is 0. The molecular weight excluding hydrogens is 316 g/mol. The molecule has 0 atom stereocenters. The highest BCUT2D eigenvalue weighted by atomic mass is 15.3. The first-order valence-electron chi connectivity index (χ1n) is 10.7. The summed E-state index contributed by atoms with van der Waals surface area (Å²) in [4.78, 5) is 0. The first kappa shape index (κ1) is 20.7. The van der Waals surface area contributed by atoms with Crippen molar-refractivity contribution in [1.82, 2.24) is 9.78 Å². The molecule has 0 bridgehead atoms. The van der Waals surface area contributed by atoms with Crippen molar-refractivity contribution < 1.29 is 0 Å². The molecule has 1 heterocycles. The summed E-state index contributed by atoms with van der Waals surface area (Å²) in [5.74, 6) is 0. The zero-order chi connectivity index (χ0) is 18.8. The predicted molar refractivity (Wildman–Crippen MR) is 114 cm³/mol. The molecule has 144 valence electrons. The van der Waals surface area contributed by atoms with E-state index < -0.39 is 0 Å². The predicted octanol–water partition coefficient (Wildman–Crippen LogP) is 7.29. The van der Waals surface area contributed by atoms with Crippen LogP contribution in [0.2, 0.25) is 0 Å². The first-order valence-corrected chi connectivity index (χ1v) is 10.7. The van der Waals surface area contributed by atoms with E-state index in [9.17, 15) is 0 Å². The van der Waals surface area contributed by atoms with Crippen LogP contribution in [0.1, 0.15) is 90.7 Å². The minimum Gasteiger partial charge on any atom is -0.271 e. The van der Waals surface area contributed by atoms with E-state index in [0.717, 1.165) is 0 Å². The quantitative estimate of drug-likeness (QED) is 0.366. The van der Waals surface area contributed by atoms with Gasteiger partial charge >= 0.3 is 0 Å². The van der Waals surface area contributed by atoms with E-state index >= 15 is 0 Å². The SMILES string of the molecule is CCCCCCC(C)(CCCCCC)c1c(-c2ccccc2)cnn1C. The molecule has 0 N–H and O–H groups in total. The second kappa shape index (κ2) is 10.5. The van der Waals surface area contributed by atoms with Crippen LogP contribution in [0.5, 0.6) is 0 Å². The number of unbranched alkanes of at least 4 members (excludes halogenated alkanes) is 6. The van der Waals surface area contributed by atoms with E-state index in [0.29, 0.717) is 0 Å². The van der Waals surface area contributed by atoms with E-state index in [1.165, 1.54) is 81.0 Å². The number of hydrogen-bond acceptors (Lipinski definition) is 1. The van der Waals surface area contributed by atoms with Crippen molar-refractivity contribution in [2.75, 3.05) is 0 Å². The largest absolute Gasteiger partial charge is 0.271 e. The summed E-state index contributed by atoms with van der Waals surface area (Å²) in [6, 6.07) is 10.8. The van der Waals surface area contributed by atoms with Gasteiger partial charge in [-0.25, -0.2) is 0 Å². The fourth-order valence-corrected chi connectivity index (χ4v) is 4.23. The third-order valence-corrected chi connectivity index (χ3v) is 5.76. The molecule has 0 amide bonds. The summed E-state index contributed by atoms with van der Waals surface area (Å²) in [7, 11) is 2.12. The van der Waals surface area contributed by atoms with Crippen molar-refractivity contribution in [1.29, 1.82) is 0 Å². The van der Waals surface area contributed by atoms with Crippen molar-refractivity contribution >= 4 is 0 Å². The van der Waals surface area contributed by atoms with E-state index in [1.54, 1.807) is 0 Å². The van der Waals surface area contributed by atoms with Gasteiger partial charge in [0.25, 0.3) is 0 Å². The number of hydrogen-bond donors (Lipinski definition) is 0. The number of benzene rings is 1. The minimum absolute atomic E-state index is 0.206. The van der Waals surface area contributed by atoms with E-state index in [-0.39, 0.29) is 5.41 Å². The Morgan fingerprint density at radius 2 is 1.42 bits per heavy atom. The highest BCUT2D eigenvalue weighted by Crippen LogP contribution is 2.40. The Hall–Kier alpha value is -1.57. The lowest BCUT2D eigenvalue weighted by molar-refractivity contribution is 0.344. The molecule has 1 aromatic heterocycles. The van der Waals surface area contributed by atoms with Gasteiger partial charge in [0, 0.05) is 18.0 Å². The van der Waals surface area contributed by atoms with Crippen molar-refractivity contribution in [2.24, 2.45) is 7.05 Å². The summed E-state index contributed by atoms with van der Waals surface area (Å²) in [6.07, 6.45) is 15.2. The Morgan fingerprint density at radius 3 is 1.96 bits per heavy atom. The van der Waals surface area contributed by atoms with Gasteiger partial charge in [-0.3, -0.25) is 4.68 Å². The lowest BCUT2D eigenvalue weighted by Crippen LogP contribution is -2.26. The molecule has 0 saturated carbocycles. The minimum atomic E-state index is 0.206. The third-order valence-electron chi connectivity index (χ3n) is 5.76. The van der Waals surface area contributed by atoms with Crippen molar-refractivity contribution in [3.05, 3.63) is 42.2 Å². The van der Waals surface area contributed by atoms with Crippen LogP contribution < -0.4 is 0 Å². The lowest BCUT2D eigenvalue weighted by Gasteiger charge is -2.32. The Morgan fingerprint density at radius 1 is 0.846 bits per heavy atom. The molecule has 2 heteroatoms. The average Bonchev–Trinajstić information content (AvgIpc) is 3.06. The Balaban J connectivity index is 2.27. The maximum atomic E-state index is 4.66. The van der Waals surface area contributed by atoms with Crippen LogP contribution in [0.4, 0.5) is 0 Å². The Bertz CT molecular complexity index is 615. The van der Waals surface area contributed by atoms with Gasteiger partial charge < -0.3 is 0 Å². The van der Waals surface area contributed by atoms with E-state index in [4.69, 9.17) is 0 Å². The molecule has 0 aliphatic rings. The molecule has 0 radical (unpaired) electrons. The molecule has 26 heavy (non-hydrogen) atoms. The Labute approximate surface area is 161 Å². The molecule has 1 aromatic carbocycles. The monoisotopic (exact) mass is 354 g/mol. The van der Waals surface area contributed by atoms with E-state index in [1.807, 2.05) is 0 Å². The van der Waals surface area contributed by atoms with Gasteiger partial charge in [-0.1, -0.05) is 102 Å². The molecule has 2 nitrogen and oxygen atoms in total. The van der Waals surface area contributed by atoms with Crippen LogP contribution >= 0.6 is 0 Å². The second-order valence-corrected chi connectivity index (χ2v) is 8.08. The maximum absolute atomic E-state index is 4.66. The highest BCUT2D eigenvalue weighted by molar-refractivity contribution is 5.66. The van der Waals surface area contributed by atoms with E-state index in [2.05, 4.69) is 74.1 Å². The summed E-state index contributed by atoms with van der Waals surface area (Å²) in [5.41, 5.74) is 4.25. The normalized spacial score (nSPS) is 11.8. The third kappa shape index (κ3) is 5.46. The topological polar surface area (TPSA) is 17.8 Å². The van der Waals surface area contributed by atoms with Gasteiger partial charge in [0.05, 0.1) is 11.9 Å². The van der Waals surface area contributed by atoms with Gasteiger partial charge in [0.1, 0.15) is 0 Å². The van der Waals surface area contributed by atoms with Gasteiger partial charge in [0.15, 0.2) is 0 Å².